The van der Waals surface area contributed by atoms with Gasteiger partial charge in [0.2, 0.25) is 0 Å². The number of hydrogen-bond donors (Lipinski definition) is 3. The number of carbonyl (C=O) groups is 1. The van der Waals surface area contributed by atoms with Gasteiger partial charge in [-0.1, -0.05) is 24.3 Å². The average molecular weight is 310 g/mol. The van der Waals surface area contributed by atoms with E-state index in [0.29, 0.717) is 4.57 Å². The number of nitrogens with one attached hydrogen (secondary N) is 2. The number of nitrogens with zero attached hydrogens (tertiary/aromatic N) is 2. The molecule has 2 amide bonds. The Morgan fingerprint density at radius 2 is 1.91 bits per heavy atom. The lowest BCUT2D eigenvalue weighted by molar-refractivity contribution is 0.0667. The maximum absolute atomic E-state index is 12.6. The second-order valence-electron chi connectivity index (χ2n) is 4.49. The van der Waals surface area contributed by atoms with Gasteiger partial charge in [0.25, 0.3) is 0 Å². The van der Waals surface area contributed by atoms with Crippen molar-refractivity contribution in [2.75, 3.05) is 0 Å². The molecule has 0 unspecified atom stereocenters. The SMILES string of the molecule is O=C(NCc1ccccc1CO)NCc1nccn1C(F)F. The summed E-state index contributed by atoms with van der Waals surface area (Å²) in [4.78, 5) is 15.4. The zero-order chi connectivity index (χ0) is 15.9. The summed E-state index contributed by atoms with van der Waals surface area (Å²) in [7, 11) is 0. The molecule has 0 spiro atoms. The summed E-state index contributed by atoms with van der Waals surface area (Å²) in [6.45, 7) is -2.69. The van der Waals surface area contributed by atoms with Crippen LogP contribution in [0.5, 0.6) is 0 Å². The van der Waals surface area contributed by atoms with E-state index in [4.69, 9.17) is 0 Å². The predicted octanol–water partition coefficient (Wildman–Crippen LogP) is 1.77. The molecule has 2 rings (SSSR count). The maximum Gasteiger partial charge on any atom is 0.319 e. The van der Waals surface area contributed by atoms with Gasteiger partial charge in [-0.25, -0.2) is 9.78 Å². The third-order valence-corrected chi connectivity index (χ3v) is 3.09. The molecule has 3 N–H and O–H groups in total. The lowest BCUT2D eigenvalue weighted by Gasteiger charge is -2.11. The molecule has 0 aliphatic carbocycles. The van der Waals surface area contributed by atoms with Gasteiger partial charge in [0.05, 0.1) is 13.2 Å². The summed E-state index contributed by atoms with van der Waals surface area (Å²) < 4.78 is 25.9. The quantitative estimate of drug-likeness (QED) is 0.761. The molecule has 118 valence electrons. The highest BCUT2D eigenvalue weighted by molar-refractivity contribution is 5.73. The number of aromatic nitrogens is 2. The van der Waals surface area contributed by atoms with Crippen molar-refractivity contribution in [2.24, 2.45) is 0 Å². The van der Waals surface area contributed by atoms with Crippen molar-refractivity contribution in [2.45, 2.75) is 26.2 Å². The van der Waals surface area contributed by atoms with Crippen molar-refractivity contribution in [1.29, 1.82) is 0 Å². The van der Waals surface area contributed by atoms with Crippen molar-refractivity contribution in [3.63, 3.8) is 0 Å². The number of benzene rings is 1. The number of aliphatic hydroxyl groups excluding tert-OH is 1. The van der Waals surface area contributed by atoms with E-state index in [1.54, 1.807) is 24.3 Å². The topological polar surface area (TPSA) is 79.2 Å². The van der Waals surface area contributed by atoms with Gasteiger partial charge in [-0.3, -0.25) is 4.57 Å². The Kier molecular flexibility index (Phi) is 5.42. The number of aliphatic hydroxyl groups is 1. The molecule has 8 heteroatoms. The molecule has 0 saturated carbocycles. The molecule has 0 radical (unpaired) electrons. The molecule has 1 heterocycles. The van der Waals surface area contributed by atoms with Crippen LogP contribution in [0.25, 0.3) is 0 Å². The highest BCUT2D eigenvalue weighted by Gasteiger charge is 2.12. The van der Waals surface area contributed by atoms with Gasteiger partial charge in [0, 0.05) is 18.9 Å². The van der Waals surface area contributed by atoms with Crippen LogP contribution in [0.3, 0.4) is 0 Å². The molecular formula is C14H16F2N4O2. The van der Waals surface area contributed by atoms with Gasteiger partial charge < -0.3 is 15.7 Å². The van der Waals surface area contributed by atoms with E-state index in [-0.39, 0.29) is 25.5 Å². The normalized spacial score (nSPS) is 10.7. The van der Waals surface area contributed by atoms with Crippen LogP contribution in [0.1, 0.15) is 23.5 Å². The van der Waals surface area contributed by atoms with Gasteiger partial charge in [0.1, 0.15) is 5.82 Å². The minimum absolute atomic E-state index is 0.0703. The standard InChI is InChI=1S/C14H16F2N4O2/c15-13(16)20-6-5-17-12(20)8-19-14(22)18-7-10-3-1-2-4-11(10)9-21/h1-6,13,21H,7-9H2,(H2,18,19,22). The Bertz CT molecular complexity index is 631. The summed E-state index contributed by atoms with van der Waals surface area (Å²) in [5, 5.41) is 14.2. The molecule has 0 fully saturated rings. The van der Waals surface area contributed by atoms with Crippen molar-refractivity contribution < 1.29 is 18.7 Å². The Morgan fingerprint density at radius 3 is 2.59 bits per heavy atom. The van der Waals surface area contributed by atoms with Gasteiger partial charge in [-0.2, -0.15) is 8.78 Å². The van der Waals surface area contributed by atoms with Gasteiger partial charge in [0.15, 0.2) is 0 Å². The minimum atomic E-state index is -2.70. The Balaban J connectivity index is 1.84. The van der Waals surface area contributed by atoms with E-state index in [0.717, 1.165) is 17.3 Å². The molecule has 0 saturated heterocycles. The number of rotatable bonds is 6. The molecule has 0 aliphatic heterocycles. The van der Waals surface area contributed by atoms with Crippen molar-refractivity contribution in [1.82, 2.24) is 20.2 Å². The summed E-state index contributed by atoms with van der Waals surface area (Å²) in [6.07, 6.45) is 2.40. The molecule has 1 aromatic carbocycles. The van der Waals surface area contributed by atoms with Crippen LogP contribution in [0.2, 0.25) is 0 Å². The Morgan fingerprint density at radius 1 is 1.23 bits per heavy atom. The van der Waals surface area contributed by atoms with Crippen LogP contribution in [-0.2, 0) is 19.7 Å². The first-order valence-electron chi connectivity index (χ1n) is 6.61. The second kappa shape index (κ2) is 7.51. The fourth-order valence-electron chi connectivity index (χ4n) is 1.94. The molecular weight excluding hydrogens is 294 g/mol. The van der Waals surface area contributed by atoms with Crippen LogP contribution in [0, 0.1) is 0 Å². The maximum atomic E-state index is 12.6. The summed E-state index contributed by atoms with van der Waals surface area (Å²) in [5.41, 5.74) is 1.50. The molecule has 6 nitrogen and oxygen atoms in total. The van der Waals surface area contributed by atoms with E-state index in [1.165, 1.54) is 6.20 Å². The van der Waals surface area contributed by atoms with Crippen LogP contribution in [-0.4, -0.2) is 20.7 Å². The number of hydrogen-bond acceptors (Lipinski definition) is 3. The molecule has 2 aromatic rings. The van der Waals surface area contributed by atoms with Crippen molar-refractivity contribution in [3.05, 3.63) is 53.6 Å². The van der Waals surface area contributed by atoms with E-state index in [2.05, 4.69) is 15.6 Å². The first kappa shape index (κ1) is 15.9. The molecule has 1 aromatic heterocycles. The molecule has 0 aliphatic rings. The number of amides is 2. The first-order chi connectivity index (χ1) is 10.6. The van der Waals surface area contributed by atoms with Gasteiger partial charge in [-0.15, -0.1) is 0 Å². The van der Waals surface area contributed by atoms with Crippen LogP contribution in [0.4, 0.5) is 13.6 Å². The van der Waals surface area contributed by atoms with Crippen LogP contribution >= 0.6 is 0 Å². The van der Waals surface area contributed by atoms with E-state index in [1.807, 2.05) is 0 Å². The average Bonchev–Trinajstić information content (AvgIpc) is 3.00. The van der Waals surface area contributed by atoms with E-state index >= 15 is 0 Å². The summed E-state index contributed by atoms with van der Waals surface area (Å²) >= 11 is 0. The smallest absolute Gasteiger partial charge is 0.319 e. The number of imidazole rings is 1. The van der Waals surface area contributed by atoms with Crippen LogP contribution < -0.4 is 10.6 Å². The summed E-state index contributed by atoms with van der Waals surface area (Å²) in [5.74, 6) is 0.0703. The predicted molar refractivity (Wildman–Crippen MR) is 74.9 cm³/mol. The molecule has 0 atom stereocenters. The number of halogens is 2. The second-order valence-corrected chi connectivity index (χ2v) is 4.49. The molecule has 22 heavy (non-hydrogen) atoms. The van der Waals surface area contributed by atoms with Crippen molar-refractivity contribution in [3.8, 4) is 0 Å². The van der Waals surface area contributed by atoms with Crippen molar-refractivity contribution >= 4 is 6.03 Å². The highest BCUT2D eigenvalue weighted by atomic mass is 19.3. The zero-order valence-corrected chi connectivity index (χ0v) is 11.7. The monoisotopic (exact) mass is 310 g/mol. The van der Waals surface area contributed by atoms with Crippen LogP contribution in [0.15, 0.2) is 36.7 Å². The van der Waals surface area contributed by atoms with E-state index in [9.17, 15) is 18.7 Å². The Labute approximate surface area is 125 Å². The van der Waals surface area contributed by atoms with E-state index < -0.39 is 12.6 Å². The van der Waals surface area contributed by atoms with Gasteiger partial charge in [-0.05, 0) is 11.1 Å². The minimum Gasteiger partial charge on any atom is -0.392 e. The third kappa shape index (κ3) is 4.01. The third-order valence-electron chi connectivity index (χ3n) is 3.09. The Hall–Kier alpha value is -2.48. The number of carbonyl (C=O) groups excluding carboxylic acids is 1. The largest absolute Gasteiger partial charge is 0.392 e. The number of urea groups is 1. The molecule has 0 bridgehead atoms. The zero-order valence-electron chi connectivity index (χ0n) is 11.7. The fourth-order valence-corrected chi connectivity index (χ4v) is 1.94. The summed E-state index contributed by atoms with van der Waals surface area (Å²) in [6, 6.07) is 6.63. The number of alkyl halides is 2. The first-order valence-corrected chi connectivity index (χ1v) is 6.61. The highest BCUT2D eigenvalue weighted by Crippen LogP contribution is 2.12. The lowest BCUT2D eigenvalue weighted by Crippen LogP contribution is -2.35. The van der Waals surface area contributed by atoms with Gasteiger partial charge >= 0.3 is 12.6 Å². The fraction of sp³-hybridized carbons (Fsp3) is 0.286. The lowest BCUT2D eigenvalue weighted by atomic mass is 10.1.